The van der Waals surface area contributed by atoms with E-state index >= 15 is 0 Å². The summed E-state index contributed by atoms with van der Waals surface area (Å²) in [6.45, 7) is 0. The fourth-order valence-corrected chi connectivity index (χ4v) is 2.63. The lowest BCUT2D eigenvalue weighted by Gasteiger charge is -2.06. The molecule has 0 atom stereocenters. The molecule has 0 amide bonds. The smallest absolute Gasteiger partial charge is 0.191 e. The van der Waals surface area contributed by atoms with E-state index < -0.39 is 0 Å². The first-order valence-electron chi connectivity index (χ1n) is 8.96. The molecule has 3 aromatic rings. The van der Waals surface area contributed by atoms with E-state index in [1.165, 1.54) is 0 Å². The zero-order chi connectivity index (χ0) is 21.0. The van der Waals surface area contributed by atoms with E-state index in [9.17, 15) is 0 Å². The minimum atomic E-state index is 0.388. The predicted molar refractivity (Wildman–Crippen MR) is 131 cm³/mol. The van der Waals surface area contributed by atoms with Crippen LogP contribution >= 0.6 is 24.4 Å². The summed E-state index contributed by atoms with van der Waals surface area (Å²) in [4.78, 5) is 4.43. The van der Waals surface area contributed by atoms with Crippen LogP contribution in [-0.4, -0.2) is 27.6 Å². The van der Waals surface area contributed by atoms with Crippen molar-refractivity contribution in [3.8, 4) is 0 Å². The molecule has 0 unspecified atom stereocenters. The Labute approximate surface area is 185 Å². The molecule has 0 saturated heterocycles. The van der Waals surface area contributed by atoms with Gasteiger partial charge in [0.2, 0.25) is 0 Å². The second-order valence-electron chi connectivity index (χ2n) is 5.87. The van der Waals surface area contributed by atoms with Gasteiger partial charge in [0.15, 0.2) is 10.2 Å². The van der Waals surface area contributed by atoms with Crippen molar-refractivity contribution in [3.05, 3.63) is 90.3 Å². The average Bonchev–Trinajstić information content (AvgIpc) is 2.75. The number of aromatic nitrogens is 1. The molecule has 2 aromatic carbocycles. The van der Waals surface area contributed by atoms with E-state index in [0.29, 0.717) is 21.6 Å². The molecule has 150 valence electrons. The highest BCUT2D eigenvalue weighted by molar-refractivity contribution is 7.80. The molecule has 0 radical (unpaired) electrons. The van der Waals surface area contributed by atoms with Crippen LogP contribution in [0.15, 0.2) is 89.1 Å². The summed E-state index contributed by atoms with van der Waals surface area (Å²) in [7, 11) is 0. The van der Waals surface area contributed by atoms with E-state index in [2.05, 4.69) is 36.7 Å². The molecule has 0 aliphatic rings. The first-order chi connectivity index (χ1) is 14.7. The molecule has 0 aliphatic carbocycles. The van der Waals surface area contributed by atoms with Crippen molar-refractivity contribution in [1.29, 1.82) is 0 Å². The monoisotopic (exact) mass is 433 g/mol. The van der Waals surface area contributed by atoms with Crippen molar-refractivity contribution in [3.63, 3.8) is 0 Å². The van der Waals surface area contributed by atoms with Gasteiger partial charge in [-0.15, -0.1) is 0 Å². The Morgan fingerprint density at radius 1 is 0.633 bits per heavy atom. The summed E-state index contributed by atoms with van der Waals surface area (Å²) in [5.74, 6) is 0. The van der Waals surface area contributed by atoms with Gasteiger partial charge in [0.25, 0.3) is 0 Å². The highest BCUT2D eigenvalue weighted by atomic mass is 32.1. The molecular weight excluding hydrogens is 414 g/mol. The van der Waals surface area contributed by atoms with Crippen molar-refractivity contribution in [2.45, 2.75) is 0 Å². The molecule has 7 nitrogen and oxygen atoms in total. The minimum Gasteiger partial charge on any atom is -0.331 e. The summed E-state index contributed by atoms with van der Waals surface area (Å²) in [5, 5.41) is 15.0. The number of hydrogen-bond acceptors (Lipinski definition) is 5. The molecule has 1 heterocycles. The number of nitrogens with zero attached hydrogens (tertiary/aromatic N) is 3. The predicted octanol–water partition coefficient (Wildman–Crippen LogP) is 3.72. The summed E-state index contributed by atoms with van der Waals surface area (Å²) < 4.78 is 0. The standard InChI is InChI=1S/C21H19N7S2/c29-20(25-16-8-3-1-4-9-16)27-22-14-18-12-7-13-19(24-18)15-23-28-21(30)26-17-10-5-2-6-11-17/h1-15H,(H2,25,27,29)(H2,26,28,30)/b22-14+,23-15+. The van der Waals surface area contributed by atoms with Crippen LogP contribution in [0.3, 0.4) is 0 Å². The molecule has 4 N–H and O–H groups in total. The van der Waals surface area contributed by atoms with Crippen LogP contribution in [0.5, 0.6) is 0 Å². The molecule has 30 heavy (non-hydrogen) atoms. The zero-order valence-electron chi connectivity index (χ0n) is 15.8. The molecule has 3 rings (SSSR count). The molecular formula is C21H19N7S2. The molecule has 9 heteroatoms. The molecule has 0 aliphatic heterocycles. The molecule has 0 spiro atoms. The first kappa shape index (κ1) is 21.0. The number of benzene rings is 2. The highest BCUT2D eigenvalue weighted by Gasteiger charge is 1.97. The fourth-order valence-electron chi connectivity index (χ4n) is 2.29. The Morgan fingerprint density at radius 3 is 1.50 bits per heavy atom. The van der Waals surface area contributed by atoms with Crippen LogP contribution in [0.4, 0.5) is 11.4 Å². The normalized spacial score (nSPS) is 10.7. The van der Waals surface area contributed by atoms with E-state index in [1.54, 1.807) is 12.4 Å². The van der Waals surface area contributed by atoms with Gasteiger partial charge in [-0.3, -0.25) is 10.9 Å². The van der Waals surface area contributed by atoms with Crippen molar-refractivity contribution >= 4 is 58.5 Å². The van der Waals surface area contributed by atoms with Crippen LogP contribution in [0.1, 0.15) is 11.4 Å². The largest absolute Gasteiger partial charge is 0.331 e. The minimum absolute atomic E-state index is 0.388. The lowest BCUT2D eigenvalue weighted by molar-refractivity contribution is 1.04. The van der Waals surface area contributed by atoms with E-state index in [1.807, 2.05) is 78.9 Å². The Bertz CT molecular complexity index is 957. The van der Waals surface area contributed by atoms with Gasteiger partial charge in [0.05, 0.1) is 23.8 Å². The Kier molecular flexibility index (Phi) is 7.95. The number of thiocarbonyl (C=S) groups is 2. The summed E-state index contributed by atoms with van der Waals surface area (Å²) >= 11 is 10.4. The lowest BCUT2D eigenvalue weighted by atomic mass is 10.3. The van der Waals surface area contributed by atoms with Gasteiger partial charge in [0, 0.05) is 11.4 Å². The Balaban J connectivity index is 1.47. The van der Waals surface area contributed by atoms with Crippen molar-refractivity contribution < 1.29 is 0 Å². The van der Waals surface area contributed by atoms with Gasteiger partial charge in [-0.05, 0) is 60.8 Å². The molecule has 0 bridgehead atoms. The number of para-hydroxylation sites is 2. The third-order valence-electron chi connectivity index (χ3n) is 3.58. The number of nitrogens with one attached hydrogen (secondary N) is 4. The van der Waals surface area contributed by atoms with Crippen LogP contribution in [0.25, 0.3) is 0 Å². The number of rotatable bonds is 6. The van der Waals surface area contributed by atoms with Gasteiger partial charge in [-0.2, -0.15) is 10.2 Å². The maximum atomic E-state index is 5.20. The summed E-state index contributed by atoms with van der Waals surface area (Å²) in [6.07, 6.45) is 3.15. The lowest BCUT2D eigenvalue weighted by Crippen LogP contribution is -2.24. The molecule has 1 aromatic heterocycles. The second kappa shape index (κ2) is 11.3. The number of hydrazone groups is 2. The van der Waals surface area contributed by atoms with Gasteiger partial charge < -0.3 is 10.6 Å². The number of hydrogen-bond donors (Lipinski definition) is 4. The van der Waals surface area contributed by atoms with Gasteiger partial charge >= 0.3 is 0 Å². The third-order valence-corrected chi connectivity index (χ3v) is 3.97. The van der Waals surface area contributed by atoms with Crippen molar-refractivity contribution in [2.75, 3.05) is 10.6 Å². The molecule has 0 fully saturated rings. The van der Waals surface area contributed by atoms with Gasteiger partial charge in [-0.25, -0.2) is 4.98 Å². The quantitative estimate of drug-likeness (QED) is 0.268. The van der Waals surface area contributed by atoms with E-state index in [4.69, 9.17) is 24.4 Å². The zero-order valence-corrected chi connectivity index (χ0v) is 17.5. The third kappa shape index (κ3) is 7.38. The summed E-state index contributed by atoms with van der Waals surface area (Å²) in [5.41, 5.74) is 8.59. The number of pyridine rings is 1. The van der Waals surface area contributed by atoms with Crippen LogP contribution in [0.2, 0.25) is 0 Å². The van der Waals surface area contributed by atoms with Crippen LogP contribution in [-0.2, 0) is 0 Å². The number of anilines is 2. The van der Waals surface area contributed by atoms with Crippen LogP contribution in [0, 0.1) is 0 Å². The highest BCUT2D eigenvalue weighted by Crippen LogP contribution is 2.05. The Morgan fingerprint density at radius 2 is 1.07 bits per heavy atom. The van der Waals surface area contributed by atoms with Crippen molar-refractivity contribution in [1.82, 2.24) is 15.8 Å². The fraction of sp³-hybridized carbons (Fsp3) is 0. The van der Waals surface area contributed by atoms with Crippen molar-refractivity contribution in [2.24, 2.45) is 10.2 Å². The Hall–Kier alpha value is -3.69. The topological polar surface area (TPSA) is 85.7 Å². The van der Waals surface area contributed by atoms with Gasteiger partial charge in [0.1, 0.15) is 0 Å². The second-order valence-corrected chi connectivity index (χ2v) is 6.68. The average molecular weight is 434 g/mol. The maximum absolute atomic E-state index is 5.20. The SMILES string of the molecule is S=C(N/N=C/c1cccc(/C=N/NC(=S)Nc2ccccc2)n1)Nc1ccccc1. The van der Waals surface area contributed by atoms with Gasteiger partial charge in [-0.1, -0.05) is 42.5 Å². The maximum Gasteiger partial charge on any atom is 0.191 e. The van der Waals surface area contributed by atoms with Crippen LogP contribution < -0.4 is 21.5 Å². The molecule has 0 saturated carbocycles. The first-order valence-corrected chi connectivity index (χ1v) is 9.78. The van der Waals surface area contributed by atoms with E-state index in [-0.39, 0.29) is 0 Å². The van der Waals surface area contributed by atoms with E-state index in [0.717, 1.165) is 11.4 Å². The summed E-state index contributed by atoms with van der Waals surface area (Å²) in [6, 6.07) is 24.7.